The Hall–Kier alpha value is -0.320. The average Bonchev–Trinajstić information content (AvgIpc) is 2.12. The second-order valence-corrected chi connectivity index (χ2v) is 4.69. The first kappa shape index (κ1) is 16.7. The van der Waals surface area contributed by atoms with Crippen molar-refractivity contribution in [1.29, 1.82) is 0 Å². The van der Waals surface area contributed by atoms with Crippen molar-refractivity contribution in [3.8, 4) is 0 Å². The summed E-state index contributed by atoms with van der Waals surface area (Å²) in [6.45, 7) is 2.42. The Bertz CT molecular complexity index is 189. The molecule has 0 saturated heterocycles. The summed E-state index contributed by atoms with van der Waals surface area (Å²) in [4.78, 5) is 0. The molecule has 0 rings (SSSR count). The van der Waals surface area contributed by atoms with Gasteiger partial charge in [-0.1, -0.05) is 32.6 Å². The van der Waals surface area contributed by atoms with Crippen LogP contribution in [0.4, 0.5) is 17.6 Å². The van der Waals surface area contributed by atoms with Crippen LogP contribution in [0.5, 0.6) is 0 Å². The van der Waals surface area contributed by atoms with Crippen LogP contribution in [0.1, 0.15) is 52.4 Å². The molecule has 0 aliphatic rings. The number of unbranched alkanes of at least 4 members (excludes halogenated alkanes) is 4. The lowest BCUT2D eigenvalue weighted by molar-refractivity contribution is -0.0984. The fourth-order valence-corrected chi connectivity index (χ4v) is 1.64. The molecule has 0 heterocycles. The van der Waals surface area contributed by atoms with Gasteiger partial charge >= 0.3 is 0 Å². The lowest BCUT2D eigenvalue weighted by atomic mass is 10.1. The van der Waals surface area contributed by atoms with Gasteiger partial charge in [0.15, 0.2) is 0 Å². The zero-order valence-electron chi connectivity index (χ0n) is 10.7. The second kappa shape index (κ2) is 7.90. The molecule has 0 unspecified atom stereocenters. The van der Waals surface area contributed by atoms with E-state index in [9.17, 15) is 17.6 Å². The zero-order valence-corrected chi connectivity index (χ0v) is 10.7. The van der Waals surface area contributed by atoms with Crippen molar-refractivity contribution in [2.24, 2.45) is 0 Å². The molecule has 0 atom stereocenters. The van der Waals surface area contributed by atoms with Crippen LogP contribution in [0.25, 0.3) is 0 Å². The van der Waals surface area contributed by atoms with Gasteiger partial charge in [0.1, 0.15) is 0 Å². The smallest absolute Gasteiger partial charge is 0.266 e. The fraction of sp³-hybridized carbons (Fsp3) is 1.00. The molecule has 17 heavy (non-hydrogen) atoms. The molecule has 1 N–H and O–H groups in total. The molecule has 0 aromatic heterocycles. The van der Waals surface area contributed by atoms with Crippen LogP contribution in [-0.4, -0.2) is 24.9 Å². The van der Waals surface area contributed by atoms with E-state index in [-0.39, 0.29) is 0 Å². The molecular weight excluding hydrogens is 234 g/mol. The van der Waals surface area contributed by atoms with E-state index in [1.165, 1.54) is 0 Å². The minimum absolute atomic E-state index is 0.467. The first-order valence-corrected chi connectivity index (χ1v) is 6.23. The third-order valence-electron chi connectivity index (χ3n) is 2.41. The average molecular weight is 257 g/mol. The van der Waals surface area contributed by atoms with Gasteiger partial charge in [-0.15, -0.1) is 0 Å². The van der Waals surface area contributed by atoms with E-state index >= 15 is 0 Å². The maximum Gasteiger partial charge on any atom is 0.266 e. The maximum absolute atomic E-state index is 13.0. The summed E-state index contributed by atoms with van der Waals surface area (Å²) in [5.74, 6) is -6.64. The fourth-order valence-electron chi connectivity index (χ4n) is 1.64. The molecule has 0 fully saturated rings. The maximum atomic E-state index is 13.0. The van der Waals surface area contributed by atoms with Gasteiger partial charge < -0.3 is 5.32 Å². The highest BCUT2D eigenvalue weighted by atomic mass is 19.3. The van der Waals surface area contributed by atoms with E-state index in [0.29, 0.717) is 13.5 Å². The molecule has 1 nitrogen and oxygen atoms in total. The summed E-state index contributed by atoms with van der Waals surface area (Å²) in [5.41, 5.74) is 0. The van der Waals surface area contributed by atoms with Crippen LogP contribution in [0.3, 0.4) is 0 Å². The van der Waals surface area contributed by atoms with Crippen molar-refractivity contribution in [2.45, 2.75) is 64.2 Å². The Balaban J connectivity index is 3.52. The SMILES string of the molecule is CCCCCCCNCC(F)(F)CC(C)(F)F. The van der Waals surface area contributed by atoms with Gasteiger partial charge in [0.05, 0.1) is 13.0 Å². The Morgan fingerprint density at radius 3 is 2.06 bits per heavy atom. The second-order valence-electron chi connectivity index (χ2n) is 4.69. The molecule has 0 aliphatic carbocycles. The van der Waals surface area contributed by atoms with Crippen LogP contribution >= 0.6 is 0 Å². The van der Waals surface area contributed by atoms with Crippen molar-refractivity contribution in [3.63, 3.8) is 0 Å². The van der Waals surface area contributed by atoms with Crippen LogP contribution in [0.2, 0.25) is 0 Å². The van der Waals surface area contributed by atoms with Crippen molar-refractivity contribution < 1.29 is 17.6 Å². The van der Waals surface area contributed by atoms with Gasteiger partial charge in [-0.2, -0.15) is 0 Å². The Morgan fingerprint density at radius 1 is 0.941 bits per heavy atom. The van der Waals surface area contributed by atoms with Gasteiger partial charge in [-0.25, -0.2) is 17.6 Å². The first-order chi connectivity index (χ1) is 7.77. The van der Waals surface area contributed by atoms with E-state index in [1.807, 2.05) is 0 Å². The van der Waals surface area contributed by atoms with Crippen molar-refractivity contribution in [1.82, 2.24) is 5.32 Å². The molecule has 0 spiro atoms. The molecule has 0 aromatic carbocycles. The number of rotatable bonds is 10. The molecule has 0 aliphatic heterocycles. The monoisotopic (exact) mass is 257 g/mol. The van der Waals surface area contributed by atoms with Gasteiger partial charge in [-0.3, -0.25) is 0 Å². The standard InChI is InChI=1S/C12H23F4N/c1-3-4-5-6-7-8-17-10-12(15,16)9-11(2,13)14/h17H,3-10H2,1-2H3. The highest BCUT2D eigenvalue weighted by molar-refractivity contribution is 4.76. The van der Waals surface area contributed by atoms with Gasteiger partial charge in [0.2, 0.25) is 0 Å². The van der Waals surface area contributed by atoms with Crippen molar-refractivity contribution >= 4 is 0 Å². The summed E-state index contributed by atoms with van der Waals surface area (Å²) in [7, 11) is 0. The van der Waals surface area contributed by atoms with Crippen LogP contribution in [0.15, 0.2) is 0 Å². The van der Waals surface area contributed by atoms with E-state index in [0.717, 1.165) is 32.1 Å². The predicted molar refractivity (Wildman–Crippen MR) is 61.8 cm³/mol. The summed E-state index contributed by atoms with van der Waals surface area (Å²) >= 11 is 0. The van der Waals surface area contributed by atoms with Gasteiger partial charge in [0.25, 0.3) is 11.8 Å². The third kappa shape index (κ3) is 11.9. The normalized spacial score (nSPS) is 13.1. The number of halogens is 4. The highest BCUT2D eigenvalue weighted by Gasteiger charge is 2.39. The molecule has 0 amide bonds. The predicted octanol–water partition coefficient (Wildman–Crippen LogP) is 4.23. The summed E-state index contributed by atoms with van der Waals surface area (Å²) < 4.78 is 50.9. The van der Waals surface area contributed by atoms with Crippen LogP contribution in [-0.2, 0) is 0 Å². The van der Waals surface area contributed by atoms with E-state index < -0.39 is 24.8 Å². The first-order valence-electron chi connectivity index (χ1n) is 6.23. The third-order valence-corrected chi connectivity index (χ3v) is 2.41. The lowest BCUT2D eigenvalue weighted by Gasteiger charge is -2.20. The molecule has 104 valence electrons. The topological polar surface area (TPSA) is 12.0 Å². The number of nitrogens with one attached hydrogen (secondary N) is 1. The summed E-state index contributed by atoms with van der Waals surface area (Å²) in [6.07, 6.45) is 3.81. The van der Waals surface area contributed by atoms with E-state index in [1.54, 1.807) is 0 Å². The lowest BCUT2D eigenvalue weighted by Crippen LogP contribution is -2.37. The molecule has 0 radical (unpaired) electrons. The largest absolute Gasteiger partial charge is 0.311 e. The van der Waals surface area contributed by atoms with E-state index in [2.05, 4.69) is 12.2 Å². The molecule has 0 bridgehead atoms. The highest BCUT2D eigenvalue weighted by Crippen LogP contribution is 2.29. The molecule has 5 heteroatoms. The Labute approximate surface area is 101 Å². The molecular formula is C12H23F4N. The number of alkyl halides is 4. The summed E-state index contributed by atoms with van der Waals surface area (Å²) in [5, 5.41) is 2.54. The number of hydrogen-bond acceptors (Lipinski definition) is 1. The zero-order chi connectivity index (χ0) is 13.4. The molecule has 0 aromatic rings. The van der Waals surface area contributed by atoms with Crippen molar-refractivity contribution in [2.75, 3.05) is 13.1 Å². The molecule has 0 saturated carbocycles. The quantitative estimate of drug-likeness (QED) is 0.456. The van der Waals surface area contributed by atoms with Gasteiger partial charge in [0, 0.05) is 0 Å². The van der Waals surface area contributed by atoms with Crippen LogP contribution in [0, 0.1) is 0 Å². The number of hydrogen-bond donors (Lipinski definition) is 1. The summed E-state index contributed by atoms with van der Waals surface area (Å²) in [6, 6.07) is 0. The minimum atomic E-state index is -3.33. The van der Waals surface area contributed by atoms with Crippen LogP contribution < -0.4 is 5.32 Å². The Kier molecular flexibility index (Phi) is 7.75. The Morgan fingerprint density at radius 2 is 1.53 bits per heavy atom. The van der Waals surface area contributed by atoms with Crippen molar-refractivity contribution in [3.05, 3.63) is 0 Å². The van der Waals surface area contributed by atoms with Gasteiger partial charge in [-0.05, 0) is 19.9 Å². The minimum Gasteiger partial charge on any atom is -0.311 e. The van der Waals surface area contributed by atoms with E-state index in [4.69, 9.17) is 0 Å².